The molecule has 1 aliphatic carbocycles. The predicted octanol–water partition coefficient (Wildman–Crippen LogP) is 0.987. The summed E-state index contributed by atoms with van der Waals surface area (Å²) in [6.07, 6.45) is 10.4. The van der Waals surface area contributed by atoms with Crippen molar-refractivity contribution in [3.63, 3.8) is 0 Å². The standard InChI is InChI=1S/C20H25N5O5S2/c1-31(27,28)25-8-6-18(7-9-25)32(29,30)17-4-2-14(3-5-17)11-22-20(26)16-10-15-13-23-24-19(15)21-12-16/h2,4-5,10,12-14,18H,3,6-9,11H2,1H3,(H,22,26)(H,21,23,24). The average Bonchev–Trinajstić information content (AvgIpc) is 3.25. The number of nitrogens with zero attached hydrogens (tertiary/aromatic N) is 3. The molecule has 12 heteroatoms. The molecule has 0 saturated carbocycles. The van der Waals surface area contributed by atoms with E-state index in [0.717, 1.165) is 11.6 Å². The number of nitrogens with one attached hydrogen (secondary N) is 2. The maximum atomic E-state index is 13.0. The number of H-pyrrole nitrogens is 1. The molecule has 3 heterocycles. The van der Waals surface area contributed by atoms with Crippen LogP contribution in [0.15, 0.2) is 41.6 Å². The van der Waals surface area contributed by atoms with Crippen molar-refractivity contribution in [2.24, 2.45) is 5.92 Å². The molecule has 1 saturated heterocycles. The normalized spacial score (nSPS) is 20.9. The summed E-state index contributed by atoms with van der Waals surface area (Å²) in [7, 11) is -6.82. The Bertz CT molecular complexity index is 1290. The summed E-state index contributed by atoms with van der Waals surface area (Å²) < 4.78 is 50.5. The van der Waals surface area contributed by atoms with Gasteiger partial charge in [-0.2, -0.15) is 5.10 Å². The van der Waals surface area contributed by atoms with Gasteiger partial charge in [0.25, 0.3) is 5.91 Å². The van der Waals surface area contributed by atoms with E-state index >= 15 is 0 Å². The quantitative estimate of drug-likeness (QED) is 0.629. The second-order valence-electron chi connectivity index (χ2n) is 8.11. The number of amides is 1. The number of rotatable bonds is 6. The van der Waals surface area contributed by atoms with Crippen LogP contribution in [0.5, 0.6) is 0 Å². The first-order valence-corrected chi connectivity index (χ1v) is 13.7. The summed E-state index contributed by atoms with van der Waals surface area (Å²) in [6, 6.07) is 1.71. The van der Waals surface area contributed by atoms with Crippen LogP contribution in [0.2, 0.25) is 0 Å². The smallest absolute Gasteiger partial charge is 0.252 e. The first kappa shape index (κ1) is 22.6. The van der Waals surface area contributed by atoms with Crippen LogP contribution in [-0.4, -0.2) is 73.4 Å². The summed E-state index contributed by atoms with van der Waals surface area (Å²) in [6.45, 7) is 0.803. The van der Waals surface area contributed by atoms with Gasteiger partial charge in [0.1, 0.15) is 0 Å². The van der Waals surface area contributed by atoms with E-state index in [1.807, 2.05) is 0 Å². The van der Waals surface area contributed by atoms with Crippen molar-refractivity contribution in [3.05, 3.63) is 47.2 Å². The second-order valence-corrected chi connectivity index (χ2v) is 12.3. The molecule has 1 unspecified atom stereocenters. The zero-order chi connectivity index (χ0) is 22.9. The van der Waals surface area contributed by atoms with Crippen LogP contribution in [0.4, 0.5) is 0 Å². The van der Waals surface area contributed by atoms with Gasteiger partial charge in [0.05, 0.1) is 28.2 Å². The van der Waals surface area contributed by atoms with Crippen LogP contribution in [-0.2, 0) is 19.9 Å². The third-order valence-corrected chi connectivity index (χ3v) is 9.48. The van der Waals surface area contributed by atoms with Crippen molar-refractivity contribution in [3.8, 4) is 0 Å². The molecule has 0 bridgehead atoms. The number of piperidine rings is 1. The van der Waals surface area contributed by atoms with E-state index < -0.39 is 25.1 Å². The third kappa shape index (κ3) is 4.76. The largest absolute Gasteiger partial charge is 0.351 e. The molecule has 172 valence electrons. The van der Waals surface area contributed by atoms with Crippen LogP contribution in [0.25, 0.3) is 11.0 Å². The van der Waals surface area contributed by atoms with Crippen molar-refractivity contribution in [1.29, 1.82) is 0 Å². The number of sulfone groups is 1. The molecule has 1 aliphatic heterocycles. The van der Waals surface area contributed by atoms with Crippen molar-refractivity contribution in [1.82, 2.24) is 24.8 Å². The number of carbonyl (C=O) groups excluding carboxylic acids is 1. The van der Waals surface area contributed by atoms with Gasteiger partial charge < -0.3 is 5.32 Å². The average molecular weight is 480 g/mol. The molecular formula is C20H25N5O5S2. The molecule has 2 aromatic rings. The van der Waals surface area contributed by atoms with E-state index in [9.17, 15) is 21.6 Å². The lowest BCUT2D eigenvalue weighted by atomic mass is 10.0. The summed E-state index contributed by atoms with van der Waals surface area (Å²) in [5, 5.41) is 9.63. The van der Waals surface area contributed by atoms with E-state index in [4.69, 9.17) is 0 Å². The minimum atomic E-state index is -3.52. The Morgan fingerprint density at radius 1 is 1.22 bits per heavy atom. The molecule has 0 aromatic carbocycles. The molecule has 1 fully saturated rings. The Kier molecular flexibility index (Phi) is 6.19. The van der Waals surface area contributed by atoms with Gasteiger partial charge in [-0.1, -0.05) is 12.2 Å². The summed E-state index contributed by atoms with van der Waals surface area (Å²) in [5.74, 6) is -0.273. The Hall–Kier alpha value is -2.57. The number of aromatic nitrogens is 3. The Morgan fingerprint density at radius 2 is 1.97 bits per heavy atom. The van der Waals surface area contributed by atoms with E-state index in [1.165, 1.54) is 10.5 Å². The SMILES string of the molecule is CS(=O)(=O)N1CCC(S(=O)(=O)C2=CCC(CNC(=O)c3cnc4[nH]ncc4c3)C=C2)CC1. The van der Waals surface area contributed by atoms with Crippen molar-refractivity contribution < 1.29 is 21.6 Å². The maximum absolute atomic E-state index is 13.0. The molecule has 0 radical (unpaired) electrons. The number of hydrogen-bond acceptors (Lipinski definition) is 7. The van der Waals surface area contributed by atoms with Gasteiger partial charge >= 0.3 is 0 Å². The number of aromatic amines is 1. The lowest BCUT2D eigenvalue weighted by molar-refractivity contribution is 0.0949. The van der Waals surface area contributed by atoms with Crippen LogP contribution in [0.3, 0.4) is 0 Å². The minimum absolute atomic E-state index is 0.0180. The maximum Gasteiger partial charge on any atom is 0.252 e. The Labute approximate surface area is 186 Å². The number of allylic oxidation sites excluding steroid dienone is 2. The number of hydrogen-bond donors (Lipinski definition) is 2. The first-order valence-electron chi connectivity index (χ1n) is 10.3. The van der Waals surface area contributed by atoms with E-state index in [-0.39, 0.29) is 42.7 Å². The van der Waals surface area contributed by atoms with Gasteiger partial charge in [-0.05, 0) is 37.3 Å². The van der Waals surface area contributed by atoms with E-state index in [0.29, 0.717) is 24.2 Å². The number of carbonyl (C=O) groups is 1. The molecule has 1 amide bonds. The monoisotopic (exact) mass is 479 g/mol. The zero-order valence-corrected chi connectivity index (χ0v) is 19.2. The lowest BCUT2D eigenvalue weighted by Gasteiger charge is -2.30. The highest BCUT2D eigenvalue weighted by Gasteiger charge is 2.34. The molecular weight excluding hydrogens is 454 g/mol. The molecule has 2 aliphatic rings. The number of fused-ring (bicyclic) bond motifs is 1. The molecule has 2 N–H and O–H groups in total. The molecule has 32 heavy (non-hydrogen) atoms. The molecule has 10 nitrogen and oxygen atoms in total. The fraction of sp³-hybridized carbons (Fsp3) is 0.450. The Balaban J connectivity index is 1.31. The number of sulfonamides is 1. The van der Waals surface area contributed by atoms with Gasteiger partial charge in [-0.25, -0.2) is 26.1 Å². The van der Waals surface area contributed by atoms with E-state index in [2.05, 4.69) is 20.5 Å². The third-order valence-electron chi connectivity index (χ3n) is 5.87. The summed E-state index contributed by atoms with van der Waals surface area (Å²) in [4.78, 5) is 16.8. The van der Waals surface area contributed by atoms with Crippen LogP contribution in [0.1, 0.15) is 29.6 Å². The van der Waals surface area contributed by atoms with Crippen LogP contribution >= 0.6 is 0 Å². The predicted molar refractivity (Wildman–Crippen MR) is 120 cm³/mol. The highest BCUT2D eigenvalue weighted by molar-refractivity contribution is 7.96. The van der Waals surface area contributed by atoms with Gasteiger partial charge in [0.15, 0.2) is 15.5 Å². The summed E-state index contributed by atoms with van der Waals surface area (Å²) >= 11 is 0. The molecule has 0 spiro atoms. The summed E-state index contributed by atoms with van der Waals surface area (Å²) in [5.41, 5.74) is 1.04. The topological polar surface area (TPSA) is 142 Å². The van der Waals surface area contributed by atoms with E-state index in [1.54, 1.807) is 30.5 Å². The fourth-order valence-corrected chi connectivity index (χ4v) is 6.65. The van der Waals surface area contributed by atoms with Crippen LogP contribution in [0, 0.1) is 5.92 Å². The second kappa shape index (κ2) is 8.75. The number of pyridine rings is 1. The molecule has 4 rings (SSSR count). The van der Waals surface area contributed by atoms with Gasteiger partial charge in [-0.15, -0.1) is 0 Å². The molecule has 1 atom stereocenters. The first-order chi connectivity index (χ1) is 15.1. The molecule has 2 aromatic heterocycles. The lowest BCUT2D eigenvalue weighted by Crippen LogP contribution is -2.42. The highest BCUT2D eigenvalue weighted by Crippen LogP contribution is 2.28. The van der Waals surface area contributed by atoms with Crippen molar-refractivity contribution in [2.45, 2.75) is 24.5 Å². The van der Waals surface area contributed by atoms with Crippen LogP contribution < -0.4 is 5.32 Å². The van der Waals surface area contributed by atoms with Crippen molar-refractivity contribution in [2.75, 3.05) is 25.9 Å². The van der Waals surface area contributed by atoms with Gasteiger partial charge in [0, 0.05) is 31.2 Å². The highest BCUT2D eigenvalue weighted by atomic mass is 32.2. The van der Waals surface area contributed by atoms with Crippen molar-refractivity contribution >= 4 is 36.8 Å². The fourth-order valence-electron chi connectivity index (χ4n) is 3.96. The Morgan fingerprint density at radius 3 is 2.62 bits per heavy atom. The zero-order valence-electron chi connectivity index (χ0n) is 17.6. The van der Waals surface area contributed by atoms with Gasteiger partial charge in [0.2, 0.25) is 10.0 Å². The minimum Gasteiger partial charge on any atom is -0.351 e. The van der Waals surface area contributed by atoms with Gasteiger partial charge in [-0.3, -0.25) is 9.89 Å².